The van der Waals surface area contributed by atoms with E-state index in [4.69, 9.17) is 4.42 Å². The molecule has 0 aliphatic rings. The van der Waals surface area contributed by atoms with Gasteiger partial charge in [-0.1, -0.05) is 28.1 Å². The van der Waals surface area contributed by atoms with Gasteiger partial charge in [0.2, 0.25) is 5.89 Å². The zero-order valence-corrected chi connectivity index (χ0v) is 12.4. The van der Waals surface area contributed by atoms with Crippen LogP contribution in [0.25, 0.3) is 0 Å². The van der Waals surface area contributed by atoms with Crippen molar-refractivity contribution in [1.29, 1.82) is 0 Å². The van der Waals surface area contributed by atoms with E-state index in [1.54, 1.807) is 18.3 Å². The van der Waals surface area contributed by atoms with Gasteiger partial charge in [-0.25, -0.2) is 4.98 Å². The summed E-state index contributed by atoms with van der Waals surface area (Å²) < 4.78 is 5.39. The van der Waals surface area contributed by atoms with Crippen molar-refractivity contribution in [1.82, 2.24) is 10.3 Å². The fourth-order valence-electron chi connectivity index (χ4n) is 1.66. The van der Waals surface area contributed by atoms with E-state index >= 15 is 0 Å². The Bertz CT molecular complexity index is 563. The van der Waals surface area contributed by atoms with Gasteiger partial charge in [-0.2, -0.15) is 0 Å². The van der Waals surface area contributed by atoms with Gasteiger partial charge in [0, 0.05) is 10.9 Å². The molecule has 1 aromatic carbocycles. The minimum Gasteiger partial charge on any atom is -0.444 e. The smallest absolute Gasteiger partial charge is 0.251 e. The van der Waals surface area contributed by atoms with Gasteiger partial charge < -0.3 is 9.73 Å². The van der Waals surface area contributed by atoms with Crippen LogP contribution in [0.1, 0.15) is 40.5 Å². The summed E-state index contributed by atoms with van der Waals surface area (Å²) in [6.45, 7) is 3.67. The van der Waals surface area contributed by atoms with Crippen LogP contribution in [-0.4, -0.2) is 10.9 Å². The maximum Gasteiger partial charge on any atom is 0.251 e. The van der Waals surface area contributed by atoms with E-state index in [0.29, 0.717) is 11.5 Å². The topological polar surface area (TPSA) is 55.1 Å². The molecule has 1 amide bonds. The van der Waals surface area contributed by atoms with Crippen molar-refractivity contribution in [3.63, 3.8) is 0 Å². The van der Waals surface area contributed by atoms with E-state index < -0.39 is 0 Å². The van der Waals surface area contributed by atoms with Crippen molar-refractivity contribution in [3.8, 4) is 0 Å². The molecule has 4 nitrogen and oxygen atoms in total. The molecule has 2 aromatic rings. The number of oxazole rings is 1. The number of carbonyl (C=O) groups excluding carboxylic acids is 1. The Hall–Kier alpha value is -1.62. The number of rotatable bonds is 4. The lowest BCUT2D eigenvalue weighted by molar-refractivity contribution is 0.0934. The monoisotopic (exact) mass is 322 g/mol. The predicted octanol–water partition coefficient (Wildman–Crippen LogP) is 3.37. The van der Waals surface area contributed by atoms with Gasteiger partial charge in [0.15, 0.2) is 0 Å². The number of benzene rings is 1. The first kappa shape index (κ1) is 13.8. The highest BCUT2D eigenvalue weighted by Gasteiger charge is 2.15. The number of hydrogen-bond acceptors (Lipinski definition) is 3. The van der Waals surface area contributed by atoms with Crippen molar-refractivity contribution in [2.24, 2.45) is 0 Å². The molecule has 100 valence electrons. The number of amides is 1. The third kappa shape index (κ3) is 3.44. The maximum absolute atomic E-state index is 12.0. The lowest BCUT2D eigenvalue weighted by Crippen LogP contribution is -2.26. The predicted molar refractivity (Wildman–Crippen MR) is 76.2 cm³/mol. The maximum atomic E-state index is 12.0. The molecule has 2 rings (SSSR count). The highest BCUT2D eigenvalue weighted by Crippen LogP contribution is 2.13. The lowest BCUT2D eigenvalue weighted by atomic mass is 10.1. The molecular formula is C14H15BrN2O2. The van der Waals surface area contributed by atoms with Crippen LogP contribution < -0.4 is 5.32 Å². The summed E-state index contributed by atoms with van der Waals surface area (Å²) in [5.41, 5.74) is 1.76. The SMILES string of the molecule is Cc1cnc(C(C)NC(=O)c2ccc(CBr)cc2)o1. The summed E-state index contributed by atoms with van der Waals surface area (Å²) >= 11 is 3.37. The summed E-state index contributed by atoms with van der Waals surface area (Å²) in [5.74, 6) is 1.12. The van der Waals surface area contributed by atoms with Crippen LogP contribution in [-0.2, 0) is 5.33 Å². The van der Waals surface area contributed by atoms with Crippen molar-refractivity contribution >= 4 is 21.8 Å². The van der Waals surface area contributed by atoms with Crippen LogP contribution in [0.4, 0.5) is 0 Å². The summed E-state index contributed by atoms with van der Waals surface area (Å²) in [6, 6.07) is 7.20. The number of nitrogens with one attached hydrogen (secondary N) is 1. The number of nitrogens with zero attached hydrogens (tertiary/aromatic N) is 1. The molecular weight excluding hydrogens is 308 g/mol. The second-order valence-corrected chi connectivity index (χ2v) is 4.90. The first-order chi connectivity index (χ1) is 9.10. The molecule has 1 atom stereocenters. The third-order valence-electron chi connectivity index (χ3n) is 2.73. The quantitative estimate of drug-likeness (QED) is 0.878. The van der Waals surface area contributed by atoms with E-state index in [-0.39, 0.29) is 11.9 Å². The first-order valence-corrected chi connectivity index (χ1v) is 7.10. The Kier molecular flexibility index (Phi) is 4.37. The lowest BCUT2D eigenvalue weighted by Gasteiger charge is -2.10. The minimum absolute atomic E-state index is 0.135. The number of aromatic nitrogens is 1. The molecule has 0 spiro atoms. The number of hydrogen-bond donors (Lipinski definition) is 1. The summed E-state index contributed by atoms with van der Waals surface area (Å²) in [4.78, 5) is 16.1. The van der Waals surface area contributed by atoms with Crippen LogP contribution in [0.15, 0.2) is 34.9 Å². The van der Waals surface area contributed by atoms with Gasteiger partial charge in [0.25, 0.3) is 5.91 Å². The fourth-order valence-corrected chi connectivity index (χ4v) is 2.03. The molecule has 0 radical (unpaired) electrons. The molecule has 1 unspecified atom stereocenters. The molecule has 19 heavy (non-hydrogen) atoms. The van der Waals surface area contributed by atoms with E-state index in [9.17, 15) is 4.79 Å². The van der Waals surface area contributed by atoms with Crippen molar-refractivity contribution in [2.45, 2.75) is 25.2 Å². The third-order valence-corrected chi connectivity index (χ3v) is 3.38. The van der Waals surface area contributed by atoms with Crippen LogP contribution in [0, 0.1) is 6.92 Å². The molecule has 1 heterocycles. The molecule has 0 bridgehead atoms. The first-order valence-electron chi connectivity index (χ1n) is 5.98. The van der Waals surface area contributed by atoms with Gasteiger partial charge in [0.05, 0.1) is 6.20 Å². The van der Waals surface area contributed by atoms with E-state index in [2.05, 4.69) is 26.2 Å². The number of halogens is 1. The highest BCUT2D eigenvalue weighted by atomic mass is 79.9. The molecule has 0 aliphatic carbocycles. The average molecular weight is 323 g/mol. The van der Waals surface area contributed by atoms with Crippen LogP contribution in [0.2, 0.25) is 0 Å². The van der Waals surface area contributed by atoms with E-state index in [1.807, 2.05) is 26.0 Å². The fraction of sp³-hybridized carbons (Fsp3) is 0.286. The van der Waals surface area contributed by atoms with E-state index in [1.165, 1.54) is 0 Å². The molecule has 1 N–H and O–H groups in total. The van der Waals surface area contributed by atoms with Gasteiger partial charge in [-0.05, 0) is 31.5 Å². The summed E-state index contributed by atoms with van der Waals surface area (Å²) in [6.07, 6.45) is 1.64. The van der Waals surface area contributed by atoms with Gasteiger partial charge >= 0.3 is 0 Å². The minimum atomic E-state index is -0.253. The largest absolute Gasteiger partial charge is 0.444 e. The number of carbonyl (C=O) groups is 1. The Morgan fingerprint density at radius 2 is 2.11 bits per heavy atom. The molecule has 0 saturated heterocycles. The Morgan fingerprint density at radius 3 is 2.63 bits per heavy atom. The van der Waals surface area contributed by atoms with Crippen LogP contribution >= 0.6 is 15.9 Å². The van der Waals surface area contributed by atoms with Crippen LogP contribution in [0.3, 0.4) is 0 Å². The second-order valence-electron chi connectivity index (χ2n) is 4.33. The van der Waals surface area contributed by atoms with Gasteiger partial charge in [-0.15, -0.1) is 0 Å². The number of alkyl halides is 1. The molecule has 1 aromatic heterocycles. The summed E-state index contributed by atoms with van der Waals surface area (Å²) in [5, 5.41) is 3.64. The van der Waals surface area contributed by atoms with E-state index in [0.717, 1.165) is 16.7 Å². The normalized spacial score (nSPS) is 12.2. The Labute approximate surface area is 120 Å². The zero-order valence-electron chi connectivity index (χ0n) is 10.8. The average Bonchev–Trinajstić information content (AvgIpc) is 2.85. The standard InChI is InChI=1S/C14H15BrN2O2/c1-9-8-16-14(19-9)10(2)17-13(18)12-5-3-11(7-15)4-6-12/h3-6,8,10H,7H2,1-2H3,(H,17,18). The van der Waals surface area contributed by atoms with Crippen molar-refractivity contribution in [3.05, 3.63) is 53.2 Å². The molecule has 0 fully saturated rings. The van der Waals surface area contributed by atoms with Gasteiger partial charge in [0.1, 0.15) is 11.8 Å². The Morgan fingerprint density at radius 1 is 1.42 bits per heavy atom. The molecule has 5 heteroatoms. The zero-order chi connectivity index (χ0) is 13.8. The van der Waals surface area contributed by atoms with Gasteiger partial charge in [-0.3, -0.25) is 4.79 Å². The van der Waals surface area contributed by atoms with Crippen LogP contribution in [0.5, 0.6) is 0 Å². The summed E-state index contributed by atoms with van der Waals surface area (Å²) in [7, 11) is 0. The second kappa shape index (κ2) is 6.02. The van der Waals surface area contributed by atoms with Crippen molar-refractivity contribution in [2.75, 3.05) is 0 Å². The molecule has 0 aliphatic heterocycles. The number of aryl methyl sites for hydroxylation is 1. The van der Waals surface area contributed by atoms with Crippen molar-refractivity contribution < 1.29 is 9.21 Å². The molecule has 0 saturated carbocycles. The Balaban J connectivity index is 2.03. The highest BCUT2D eigenvalue weighted by molar-refractivity contribution is 9.08.